The van der Waals surface area contributed by atoms with E-state index >= 15 is 0 Å². The van der Waals surface area contributed by atoms with E-state index in [1.54, 1.807) is 7.11 Å². The fourth-order valence-corrected chi connectivity index (χ4v) is 0.783. The maximum Gasteiger partial charge on any atom is 0.170 e. The third-order valence-electron chi connectivity index (χ3n) is 1.34. The second-order valence-electron chi connectivity index (χ2n) is 2.19. The van der Waals surface area contributed by atoms with Gasteiger partial charge in [-0.1, -0.05) is 0 Å². The van der Waals surface area contributed by atoms with E-state index in [1.165, 1.54) is 0 Å². The lowest BCUT2D eigenvalue weighted by molar-refractivity contribution is -0.109. The Hall–Kier alpha value is -1.10. The number of carbonyl (C=O) groups excluding carboxylic acids is 1. The van der Waals surface area contributed by atoms with Crippen LogP contribution in [0, 0.1) is 0 Å². The fraction of sp³-hybridized carbons (Fsp3) is 0.667. The average Bonchev–Trinajstić information content (AvgIpc) is 2.48. The van der Waals surface area contributed by atoms with Crippen molar-refractivity contribution in [3.63, 3.8) is 0 Å². The molecule has 1 unspecified atom stereocenters. The Kier molecular flexibility index (Phi) is 2.85. The molecule has 0 aliphatic carbocycles. The molecule has 1 heterocycles. The maximum atomic E-state index is 10.2. The van der Waals surface area contributed by atoms with Gasteiger partial charge in [0.05, 0.1) is 6.61 Å². The molecule has 1 rings (SSSR count). The van der Waals surface area contributed by atoms with Crippen molar-refractivity contribution in [2.75, 3.05) is 13.7 Å². The number of hydrogen-bond acceptors (Lipinski definition) is 5. The molecule has 0 saturated heterocycles. The number of rotatable bonds is 4. The highest BCUT2D eigenvalue weighted by Gasteiger charge is 2.14. The van der Waals surface area contributed by atoms with Crippen LogP contribution < -0.4 is 10.7 Å². The molecule has 0 aromatic heterocycles. The summed E-state index contributed by atoms with van der Waals surface area (Å²) in [6.45, 7) is 0.610. The molecule has 0 aromatic rings. The van der Waals surface area contributed by atoms with Crippen molar-refractivity contribution in [2.24, 2.45) is 5.10 Å². The summed E-state index contributed by atoms with van der Waals surface area (Å²) in [5.41, 5.74) is 2.62. The molecular formula is C6H11N3O2. The molecule has 0 amide bonds. The number of nitrogens with one attached hydrogen (secondary N) is 2. The van der Waals surface area contributed by atoms with Gasteiger partial charge in [-0.3, -0.25) is 10.2 Å². The van der Waals surface area contributed by atoms with E-state index in [9.17, 15) is 4.79 Å². The van der Waals surface area contributed by atoms with Gasteiger partial charge in [0.15, 0.2) is 12.5 Å². The van der Waals surface area contributed by atoms with E-state index in [2.05, 4.69) is 15.8 Å². The topological polar surface area (TPSA) is 62.7 Å². The van der Waals surface area contributed by atoms with E-state index in [0.29, 0.717) is 13.0 Å². The lowest BCUT2D eigenvalue weighted by Crippen LogP contribution is -2.36. The monoisotopic (exact) mass is 157 g/mol. The van der Waals surface area contributed by atoms with Gasteiger partial charge in [0.2, 0.25) is 0 Å². The molecule has 0 saturated carbocycles. The predicted octanol–water partition coefficient (Wildman–Crippen LogP) is -0.946. The third-order valence-corrected chi connectivity index (χ3v) is 1.34. The van der Waals surface area contributed by atoms with Crippen LogP contribution in [0.15, 0.2) is 5.10 Å². The van der Waals surface area contributed by atoms with Gasteiger partial charge in [-0.2, -0.15) is 5.10 Å². The summed E-state index contributed by atoms with van der Waals surface area (Å²) in [6.07, 6.45) is 1.11. The van der Waals surface area contributed by atoms with Gasteiger partial charge in [0.25, 0.3) is 0 Å². The first-order valence-electron chi connectivity index (χ1n) is 3.39. The van der Waals surface area contributed by atoms with Crippen LogP contribution in [0.1, 0.15) is 6.42 Å². The first kappa shape index (κ1) is 8.00. The quantitative estimate of drug-likeness (QED) is 0.517. The van der Waals surface area contributed by atoms with E-state index in [0.717, 1.165) is 12.1 Å². The highest BCUT2D eigenvalue weighted by molar-refractivity contribution is 5.86. The normalized spacial score (nSPS) is 21.9. The van der Waals surface area contributed by atoms with Crippen LogP contribution in [-0.4, -0.2) is 32.0 Å². The number of aldehydes is 1. The van der Waals surface area contributed by atoms with Crippen molar-refractivity contribution in [3.05, 3.63) is 0 Å². The summed E-state index contributed by atoms with van der Waals surface area (Å²) in [7, 11) is 1.63. The number of hydrazone groups is 1. The molecule has 1 aliphatic heterocycles. The van der Waals surface area contributed by atoms with Crippen LogP contribution in [0.4, 0.5) is 0 Å². The van der Waals surface area contributed by atoms with Crippen LogP contribution in [0.5, 0.6) is 0 Å². The van der Waals surface area contributed by atoms with Gasteiger partial charge >= 0.3 is 0 Å². The molecule has 0 aromatic carbocycles. The Balaban J connectivity index is 2.22. The zero-order chi connectivity index (χ0) is 8.10. The van der Waals surface area contributed by atoms with Gasteiger partial charge in [-0.15, -0.1) is 0 Å². The summed E-state index contributed by atoms with van der Waals surface area (Å²) in [5.74, 6) is 0.768. The molecule has 1 aliphatic rings. The SMILES string of the molecule is COCCC1=NNC(C=O)N1. The summed E-state index contributed by atoms with van der Waals surface area (Å²) in [4.78, 5) is 10.2. The first-order valence-corrected chi connectivity index (χ1v) is 3.39. The van der Waals surface area contributed by atoms with E-state index < -0.39 is 0 Å². The maximum absolute atomic E-state index is 10.2. The molecular weight excluding hydrogens is 146 g/mol. The average molecular weight is 157 g/mol. The Morgan fingerprint density at radius 3 is 3.18 bits per heavy atom. The largest absolute Gasteiger partial charge is 0.384 e. The number of carbonyl (C=O) groups is 1. The van der Waals surface area contributed by atoms with Crippen molar-refractivity contribution >= 4 is 12.1 Å². The predicted molar refractivity (Wildman–Crippen MR) is 40.1 cm³/mol. The number of hydrogen-bond donors (Lipinski definition) is 2. The van der Waals surface area contributed by atoms with Crippen LogP contribution in [0.25, 0.3) is 0 Å². The molecule has 0 fully saturated rings. The number of nitrogens with zero attached hydrogens (tertiary/aromatic N) is 1. The van der Waals surface area contributed by atoms with Crippen LogP contribution >= 0.6 is 0 Å². The smallest absolute Gasteiger partial charge is 0.170 e. The Labute approximate surface area is 64.8 Å². The molecule has 0 spiro atoms. The van der Waals surface area contributed by atoms with E-state index in [1.807, 2.05) is 0 Å². The molecule has 0 bridgehead atoms. The number of amidine groups is 1. The summed E-state index contributed by atoms with van der Waals surface area (Å²) in [6, 6.07) is 0. The summed E-state index contributed by atoms with van der Waals surface area (Å²) >= 11 is 0. The number of ether oxygens (including phenoxy) is 1. The third kappa shape index (κ3) is 2.19. The first-order chi connectivity index (χ1) is 5.36. The van der Waals surface area contributed by atoms with Crippen molar-refractivity contribution in [1.82, 2.24) is 10.7 Å². The Morgan fingerprint density at radius 2 is 2.64 bits per heavy atom. The van der Waals surface area contributed by atoms with Crippen molar-refractivity contribution < 1.29 is 9.53 Å². The molecule has 0 radical (unpaired) electrons. The van der Waals surface area contributed by atoms with Gasteiger partial charge < -0.3 is 10.1 Å². The lowest BCUT2D eigenvalue weighted by Gasteiger charge is -2.02. The van der Waals surface area contributed by atoms with Gasteiger partial charge in [0.1, 0.15) is 5.84 Å². The second kappa shape index (κ2) is 3.92. The van der Waals surface area contributed by atoms with E-state index in [-0.39, 0.29) is 6.17 Å². The standard InChI is InChI=1S/C6H11N3O2/c1-11-3-2-5-7-6(4-10)9-8-5/h4,6,9H,2-3H2,1H3,(H,7,8). The summed E-state index contributed by atoms with van der Waals surface area (Å²) in [5, 5.41) is 6.74. The molecule has 11 heavy (non-hydrogen) atoms. The van der Waals surface area contributed by atoms with Crippen LogP contribution in [0.2, 0.25) is 0 Å². The highest BCUT2D eigenvalue weighted by atomic mass is 16.5. The van der Waals surface area contributed by atoms with Gasteiger partial charge in [0, 0.05) is 13.5 Å². The summed E-state index contributed by atoms with van der Waals surface area (Å²) < 4.78 is 4.84. The Bertz CT molecular complexity index is 169. The van der Waals surface area contributed by atoms with Crippen molar-refractivity contribution in [3.8, 4) is 0 Å². The molecule has 2 N–H and O–H groups in total. The van der Waals surface area contributed by atoms with Gasteiger partial charge in [-0.05, 0) is 0 Å². The molecule has 1 atom stereocenters. The minimum atomic E-state index is -0.359. The fourth-order valence-electron chi connectivity index (χ4n) is 0.783. The van der Waals surface area contributed by atoms with E-state index in [4.69, 9.17) is 4.74 Å². The molecule has 5 heteroatoms. The molecule has 62 valence electrons. The van der Waals surface area contributed by atoms with Crippen molar-refractivity contribution in [1.29, 1.82) is 0 Å². The minimum absolute atomic E-state index is 0.359. The molecule has 5 nitrogen and oxygen atoms in total. The van der Waals surface area contributed by atoms with Gasteiger partial charge in [-0.25, -0.2) is 0 Å². The zero-order valence-corrected chi connectivity index (χ0v) is 6.33. The number of methoxy groups -OCH3 is 1. The Morgan fingerprint density at radius 1 is 1.82 bits per heavy atom. The van der Waals surface area contributed by atoms with Crippen LogP contribution in [-0.2, 0) is 9.53 Å². The minimum Gasteiger partial charge on any atom is -0.384 e. The lowest BCUT2D eigenvalue weighted by atomic mass is 10.4. The second-order valence-corrected chi connectivity index (χ2v) is 2.19. The highest BCUT2D eigenvalue weighted by Crippen LogP contribution is 1.91. The van der Waals surface area contributed by atoms with Crippen LogP contribution in [0.3, 0.4) is 0 Å². The van der Waals surface area contributed by atoms with Crippen molar-refractivity contribution in [2.45, 2.75) is 12.6 Å². The zero-order valence-electron chi connectivity index (χ0n) is 6.33.